The van der Waals surface area contributed by atoms with Crippen LogP contribution in [0, 0.1) is 6.92 Å². The third kappa shape index (κ3) is 2.97. The van der Waals surface area contributed by atoms with Gasteiger partial charge in [-0.25, -0.2) is 4.98 Å². The van der Waals surface area contributed by atoms with Crippen LogP contribution in [0.3, 0.4) is 0 Å². The molecule has 0 amide bonds. The molecule has 0 saturated carbocycles. The highest BCUT2D eigenvalue weighted by molar-refractivity contribution is 7.09. The standard InChI is InChI=1S/C13H20N4S/c1-5-12-11(7-17(4)16-12)6-14-9(2)13-8-18-10(3)15-13/h7-9,14H,5-6H2,1-4H3. The topological polar surface area (TPSA) is 42.7 Å². The first kappa shape index (κ1) is 13.2. The van der Waals surface area contributed by atoms with Crippen LogP contribution in [0.2, 0.25) is 0 Å². The fourth-order valence-corrected chi connectivity index (χ4v) is 2.68. The van der Waals surface area contributed by atoms with E-state index in [1.165, 1.54) is 11.3 Å². The van der Waals surface area contributed by atoms with Crippen LogP contribution < -0.4 is 5.32 Å². The van der Waals surface area contributed by atoms with Crippen molar-refractivity contribution in [3.05, 3.63) is 33.5 Å². The van der Waals surface area contributed by atoms with E-state index in [4.69, 9.17) is 0 Å². The quantitative estimate of drug-likeness (QED) is 0.902. The maximum atomic E-state index is 4.51. The van der Waals surface area contributed by atoms with Gasteiger partial charge in [0.25, 0.3) is 0 Å². The van der Waals surface area contributed by atoms with E-state index >= 15 is 0 Å². The Labute approximate surface area is 112 Å². The van der Waals surface area contributed by atoms with Crippen molar-refractivity contribution in [3.63, 3.8) is 0 Å². The zero-order valence-electron chi connectivity index (χ0n) is 11.4. The molecule has 0 radical (unpaired) electrons. The van der Waals surface area contributed by atoms with E-state index in [1.807, 2.05) is 18.7 Å². The van der Waals surface area contributed by atoms with Crippen LogP contribution in [-0.2, 0) is 20.0 Å². The van der Waals surface area contributed by atoms with Crippen molar-refractivity contribution in [2.45, 2.75) is 39.8 Å². The molecule has 2 aromatic heterocycles. The molecule has 0 bridgehead atoms. The lowest BCUT2D eigenvalue weighted by Crippen LogP contribution is -2.18. The lowest BCUT2D eigenvalue weighted by molar-refractivity contribution is 0.561. The Hall–Kier alpha value is -1.20. The maximum absolute atomic E-state index is 4.51. The van der Waals surface area contributed by atoms with Gasteiger partial charge in [0.2, 0.25) is 0 Å². The predicted octanol–water partition coefficient (Wildman–Crippen LogP) is 2.60. The van der Waals surface area contributed by atoms with E-state index in [0.29, 0.717) is 0 Å². The van der Waals surface area contributed by atoms with Gasteiger partial charge in [0.05, 0.1) is 16.4 Å². The number of nitrogens with one attached hydrogen (secondary N) is 1. The second-order valence-corrected chi connectivity index (χ2v) is 5.58. The van der Waals surface area contributed by atoms with Gasteiger partial charge in [-0.3, -0.25) is 4.68 Å². The largest absolute Gasteiger partial charge is 0.305 e. The van der Waals surface area contributed by atoms with Crippen molar-refractivity contribution < 1.29 is 0 Å². The molecule has 2 rings (SSSR count). The molecule has 18 heavy (non-hydrogen) atoms. The molecule has 1 atom stereocenters. The summed E-state index contributed by atoms with van der Waals surface area (Å²) in [6, 6.07) is 0.278. The molecular weight excluding hydrogens is 244 g/mol. The number of rotatable bonds is 5. The van der Waals surface area contributed by atoms with E-state index < -0.39 is 0 Å². The summed E-state index contributed by atoms with van der Waals surface area (Å²) in [5.41, 5.74) is 3.57. The van der Waals surface area contributed by atoms with Crippen LogP contribution in [0.4, 0.5) is 0 Å². The predicted molar refractivity (Wildman–Crippen MR) is 74.7 cm³/mol. The van der Waals surface area contributed by atoms with Crippen molar-refractivity contribution >= 4 is 11.3 Å². The summed E-state index contributed by atoms with van der Waals surface area (Å²) >= 11 is 1.70. The van der Waals surface area contributed by atoms with Gasteiger partial charge >= 0.3 is 0 Å². The zero-order chi connectivity index (χ0) is 13.1. The molecule has 0 aliphatic heterocycles. The van der Waals surface area contributed by atoms with Gasteiger partial charge in [-0.2, -0.15) is 5.10 Å². The number of hydrogen-bond acceptors (Lipinski definition) is 4. The normalized spacial score (nSPS) is 12.9. The van der Waals surface area contributed by atoms with Crippen LogP contribution in [0.25, 0.3) is 0 Å². The Kier molecular flexibility index (Phi) is 4.14. The Morgan fingerprint density at radius 3 is 2.89 bits per heavy atom. The lowest BCUT2D eigenvalue weighted by Gasteiger charge is -2.11. The highest BCUT2D eigenvalue weighted by atomic mass is 32.1. The van der Waals surface area contributed by atoms with Crippen molar-refractivity contribution in [2.75, 3.05) is 0 Å². The van der Waals surface area contributed by atoms with Crippen LogP contribution >= 0.6 is 11.3 Å². The summed E-state index contributed by atoms with van der Waals surface area (Å²) in [6.45, 7) is 7.17. The molecule has 0 fully saturated rings. The monoisotopic (exact) mass is 264 g/mol. The van der Waals surface area contributed by atoms with Crippen molar-refractivity contribution in [1.82, 2.24) is 20.1 Å². The number of aromatic nitrogens is 3. The maximum Gasteiger partial charge on any atom is 0.0898 e. The van der Waals surface area contributed by atoms with Crippen LogP contribution in [0.1, 0.15) is 41.8 Å². The molecule has 0 aliphatic rings. The van der Waals surface area contributed by atoms with Gasteiger partial charge in [-0.15, -0.1) is 11.3 Å². The Morgan fingerprint density at radius 1 is 1.50 bits per heavy atom. The summed E-state index contributed by atoms with van der Waals surface area (Å²) in [4.78, 5) is 4.51. The summed E-state index contributed by atoms with van der Waals surface area (Å²) in [5, 5.41) is 11.2. The average Bonchev–Trinajstić information content (AvgIpc) is 2.92. The minimum Gasteiger partial charge on any atom is -0.305 e. The third-order valence-corrected chi connectivity index (χ3v) is 3.80. The molecule has 2 aromatic rings. The molecular formula is C13H20N4S. The first-order valence-corrected chi connectivity index (χ1v) is 7.15. The summed E-state index contributed by atoms with van der Waals surface area (Å²) in [7, 11) is 1.97. The number of thiazole rings is 1. The fraction of sp³-hybridized carbons (Fsp3) is 0.538. The molecule has 1 unspecified atom stereocenters. The Balaban J connectivity index is 1.98. The van der Waals surface area contributed by atoms with Crippen molar-refractivity contribution in [3.8, 4) is 0 Å². The minimum atomic E-state index is 0.278. The van der Waals surface area contributed by atoms with E-state index in [0.717, 1.165) is 23.7 Å². The number of aryl methyl sites for hydroxylation is 3. The van der Waals surface area contributed by atoms with Gasteiger partial charge in [-0.1, -0.05) is 6.92 Å². The molecule has 0 spiro atoms. The number of nitrogens with zero attached hydrogens (tertiary/aromatic N) is 3. The van der Waals surface area contributed by atoms with Gasteiger partial charge in [0.15, 0.2) is 0 Å². The smallest absolute Gasteiger partial charge is 0.0898 e. The molecule has 2 heterocycles. The van der Waals surface area contributed by atoms with Gasteiger partial charge < -0.3 is 5.32 Å². The van der Waals surface area contributed by atoms with Gasteiger partial charge in [0.1, 0.15) is 0 Å². The average molecular weight is 264 g/mol. The number of hydrogen-bond donors (Lipinski definition) is 1. The van der Waals surface area contributed by atoms with Crippen LogP contribution in [0.15, 0.2) is 11.6 Å². The van der Waals surface area contributed by atoms with Gasteiger partial charge in [-0.05, 0) is 20.3 Å². The minimum absolute atomic E-state index is 0.278. The van der Waals surface area contributed by atoms with E-state index in [1.54, 1.807) is 11.3 Å². The highest BCUT2D eigenvalue weighted by Gasteiger charge is 2.10. The summed E-state index contributed by atoms with van der Waals surface area (Å²) in [6.07, 6.45) is 3.06. The van der Waals surface area contributed by atoms with E-state index in [2.05, 4.69) is 40.8 Å². The Bertz CT molecular complexity index is 515. The van der Waals surface area contributed by atoms with Crippen molar-refractivity contribution in [2.24, 2.45) is 7.05 Å². The summed E-state index contributed by atoms with van der Waals surface area (Å²) in [5.74, 6) is 0. The lowest BCUT2D eigenvalue weighted by atomic mass is 10.2. The molecule has 98 valence electrons. The molecule has 0 saturated heterocycles. The summed E-state index contributed by atoms with van der Waals surface area (Å²) < 4.78 is 1.88. The highest BCUT2D eigenvalue weighted by Crippen LogP contribution is 2.16. The third-order valence-electron chi connectivity index (χ3n) is 3.01. The first-order valence-electron chi connectivity index (χ1n) is 6.27. The van der Waals surface area contributed by atoms with Crippen LogP contribution in [-0.4, -0.2) is 14.8 Å². The fourth-order valence-electron chi connectivity index (χ4n) is 1.98. The Morgan fingerprint density at radius 2 is 2.28 bits per heavy atom. The molecule has 0 aromatic carbocycles. The SMILES string of the molecule is CCc1nn(C)cc1CNC(C)c1csc(C)n1. The molecule has 0 aliphatic carbocycles. The molecule has 1 N–H and O–H groups in total. The van der Waals surface area contributed by atoms with Gasteiger partial charge in [0, 0.05) is 36.8 Å². The molecule has 4 nitrogen and oxygen atoms in total. The van der Waals surface area contributed by atoms with Crippen LogP contribution in [0.5, 0.6) is 0 Å². The molecule has 5 heteroatoms. The van der Waals surface area contributed by atoms with Crippen molar-refractivity contribution in [1.29, 1.82) is 0 Å². The zero-order valence-corrected chi connectivity index (χ0v) is 12.2. The van der Waals surface area contributed by atoms with E-state index in [-0.39, 0.29) is 6.04 Å². The first-order chi connectivity index (χ1) is 8.60. The second-order valence-electron chi connectivity index (χ2n) is 4.52. The van der Waals surface area contributed by atoms with E-state index in [9.17, 15) is 0 Å². The second kappa shape index (κ2) is 5.63.